The van der Waals surface area contributed by atoms with Gasteiger partial charge in [0.05, 0.1) is 11.7 Å². The first-order chi connectivity index (χ1) is 10.6. The number of benzene rings is 1. The van der Waals surface area contributed by atoms with Crippen LogP contribution in [-0.4, -0.2) is 21.8 Å². The van der Waals surface area contributed by atoms with Crippen molar-refractivity contribution in [1.82, 2.24) is 9.99 Å². The van der Waals surface area contributed by atoms with Crippen LogP contribution in [-0.2, 0) is 0 Å². The molecule has 3 N–H and O–H groups in total. The Kier molecular flexibility index (Phi) is 5.51. The molecule has 0 aliphatic rings. The number of hydrogen-bond donors (Lipinski definition) is 2. The van der Waals surface area contributed by atoms with E-state index in [4.69, 9.17) is 29.6 Å². The average Bonchev–Trinajstić information content (AvgIpc) is 2.77. The molecule has 0 fully saturated rings. The Balaban J connectivity index is 2.49. The van der Waals surface area contributed by atoms with Crippen LogP contribution in [0.25, 0.3) is 10.9 Å². The fourth-order valence-corrected chi connectivity index (χ4v) is 2.59. The number of halogens is 1. The van der Waals surface area contributed by atoms with Crippen LogP contribution < -0.4 is 11.2 Å². The number of aromatic nitrogens is 1. The second-order valence-electron chi connectivity index (χ2n) is 4.79. The Labute approximate surface area is 139 Å². The predicted molar refractivity (Wildman–Crippen MR) is 94.6 cm³/mol. The lowest BCUT2D eigenvalue weighted by atomic mass is 10.2. The van der Waals surface area contributed by atoms with Crippen molar-refractivity contribution in [3.63, 3.8) is 0 Å². The highest BCUT2D eigenvalue weighted by Gasteiger charge is 2.18. The van der Waals surface area contributed by atoms with E-state index >= 15 is 0 Å². The van der Waals surface area contributed by atoms with Crippen molar-refractivity contribution >= 4 is 52.0 Å². The highest BCUT2D eigenvalue weighted by molar-refractivity contribution is 7.80. The largest absolute Gasteiger partial charge is 0.375 e. The molecule has 0 saturated carbocycles. The molecule has 0 saturated heterocycles. The molecule has 0 aliphatic carbocycles. The minimum atomic E-state index is -0.0231. The van der Waals surface area contributed by atoms with Gasteiger partial charge in [-0.25, -0.2) is 0 Å². The predicted octanol–water partition coefficient (Wildman–Crippen LogP) is 3.29. The van der Waals surface area contributed by atoms with Crippen LogP contribution in [0.5, 0.6) is 0 Å². The number of fused-ring (bicyclic) bond motifs is 1. The summed E-state index contributed by atoms with van der Waals surface area (Å²) < 4.78 is 1.54. The van der Waals surface area contributed by atoms with Gasteiger partial charge >= 0.3 is 0 Å². The Bertz CT molecular complexity index is 738. The van der Waals surface area contributed by atoms with Crippen LogP contribution in [0.1, 0.15) is 36.5 Å². The van der Waals surface area contributed by atoms with E-state index in [0.717, 1.165) is 23.7 Å². The smallest absolute Gasteiger partial charge is 0.232 e. The van der Waals surface area contributed by atoms with E-state index in [-0.39, 0.29) is 11.0 Å². The molecule has 0 unspecified atom stereocenters. The van der Waals surface area contributed by atoms with Gasteiger partial charge in [0, 0.05) is 17.4 Å². The Morgan fingerprint density at radius 1 is 1.50 bits per heavy atom. The van der Waals surface area contributed by atoms with E-state index in [2.05, 4.69) is 10.5 Å². The number of unbranched alkanes of at least 4 members (excludes halogenated alkanes) is 1. The molecule has 0 radical (unpaired) electrons. The van der Waals surface area contributed by atoms with Gasteiger partial charge in [0.2, 0.25) is 5.91 Å². The monoisotopic (exact) mass is 336 g/mol. The molecule has 116 valence electrons. The molecule has 2 aromatic rings. The second-order valence-corrected chi connectivity index (χ2v) is 5.59. The van der Waals surface area contributed by atoms with Gasteiger partial charge in [-0.1, -0.05) is 43.1 Å². The summed E-state index contributed by atoms with van der Waals surface area (Å²) in [7, 11) is 0. The van der Waals surface area contributed by atoms with Crippen molar-refractivity contribution < 1.29 is 4.79 Å². The van der Waals surface area contributed by atoms with Gasteiger partial charge in [-0.2, -0.15) is 5.10 Å². The second kappa shape index (κ2) is 7.38. The number of nitrogens with two attached hydrogens (primary N) is 1. The van der Waals surface area contributed by atoms with Crippen LogP contribution in [0, 0.1) is 0 Å². The number of nitrogens with zero attached hydrogens (tertiary/aromatic N) is 2. The number of hydrazone groups is 1. The third-order valence-corrected chi connectivity index (χ3v) is 3.68. The molecule has 0 bridgehead atoms. The summed E-state index contributed by atoms with van der Waals surface area (Å²) in [5.74, 6) is -0.0231. The van der Waals surface area contributed by atoms with Crippen LogP contribution in [0.3, 0.4) is 0 Å². The minimum absolute atomic E-state index is 0.0231. The van der Waals surface area contributed by atoms with Gasteiger partial charge in [0.15, 0.2) is 5.11 Å². The number of hydrogen-bond acceptors (Lipinski definition) is 3. The number of para-hydroxylation sites is 1. The SMILES string of the molecule is CCCCC(=O)n1c(Cl)c(C=NNC(N)=S)c2ccccc21. The summed E-state index contributed by atoms with van der Waals surface area (Å²) in [6, 6.07) is 7.52. The first-order valence-corrected chi connectivity index (χ1v) is 7.75. The summed E-state index contributed by atoms with van der Waals surface area (Å²) in [6.07, 6.45) is 3.76. The fraction of sp³-hybridized carbons (Fsp3) is 0.267. The maximum atomic E-state index is 12.4. The standard InChI is InChI=1S/C15H17ClN4OS/c1-2-3-8-13(21)20-12-7-5-4-6-10(12)11(14(20)16)9-18-19-15(17)22/h4-7,9H,2-3,8H2,1H3,(H3,17,19,22). The summed E-state index contributed by atoms with van der Waals surface area (Å²) in [5.41, 5.74) is 9.24. The van der Waals surface area contributed by atoms with E-state index in [1.54, 1.807) is 0 Å². The number of carbonyl (C=O) groups excluding carboxylic acids is 1. The lowest BCUT2D eigenvalue weighted by Crippen LogP contribution is -2.24. The van der Waals surface area contributed by atoms with Gasteiger partial charge in [0.25, 0.3) is 0 Å². The van der Waals surface area contributed by atoms with Crippen molar-refractivity contribution in [3.05, 3.63) is 35.0 Å². The highest BCUT2D eigenvalue weighted by atomic mass is 35.5. The van der Waals surface area contributed by atoms with Crippen molar-refractivity contribution in [1.29, 1.82) is 0 Å². The number of thiocarbonyl (C=S) groups is 1. The third kappa shape index (κ3) is 3.45. The molecular formula is C15H17ClN4OS. The molecular weight excluding hydrogens is 320 g/mol. The molecule has 1 aromatic carbocycles. The van der Waals surface area contributed by atoms with E-state index in [9.17, 15) is 4.79 Å². The summed E-state index contributed by atoms with van der Waals surface area (Å²) in [6.45, 7) is 2.04. The first-order valence-electron chi connectivity index (χ1n) is 6.97. The molecule has 7 heteroatoms. The lowest BCUT2D eigenvalue weighted by molar-refractivity contribution is 0.0905. The normalized spacial score (nSPS) is 11.2. The number of rotatable bonds is 5. The molecule has 1 heterocycles. The van der Waals surface area contributed by atoms with Crippen LogP contribution in [0.4, 0.5) is 0 Å². The van der Waals surface area contributed by atoms with Gasteiger partial charge in [0.1, 0.15) is 5.15 Å². The zero-order chi connectivity index (χ0) is 16.1. The summed E-state index contributed by atoms with van der Waals surface area (Å²) in [5, 5.41) is 5.20. The zero-order valence-corrected chi connectivity index (χ0v) is 13.7. The van der Waals surface area contributed by atoms with E-state index in [1.807, 2.05) is 31.2 Å². The Hall–Kier alpha value is -1.92. The van der Waals surface area contributed by atoms with Gasteiger partial charge in [-0.3, -0.25) is 14.8 Å². The van der Waals surface area contributed by atoms with E-state index < -0.39 is 0 Å². The first kappa shape index (κ1) is 16.5. The molecule has 5 nitrogen and oxygen atoms in total. The van der Waals surface area contributed by atoms with E-state index in [0.29, 0.717) is 17.1 Å². The molecule has 1 aromatic heterocycles. The van der Waals surface area contributed by atoms with Gasteiger partial charge < -0.3 is 5.73 Å². The minimum Gasteiger partial charge on any atom is -0.375 e. The number of nitrogens with one attached hydrogen (secondary N) is 1. The topological polar surface area (TPSA) is 72.4 Å². The lowest BCUT2D eigenvalue weighted by Gasteiger charge is -2.04. The summed E-state index contributed by atoms with van der Waals surface area (Å²) in [4.78, 5) is 12.4. The van der Waals surface area contributed by atoms with Crippen molar-refractivity contribution in [2.45, 2.75) is 26.2 Å². The number of carbonyl (C=O) groups is 1. The van der Waals surface area contributed by atoms with Crippen molar-refractivity contribution in [2.24, 2.45) is 10.8 Å². The Morgan fingerprint density at radius 3 is 2.91 bits per heavy atom. The third-order valence-electron chi connectivity index (χ3n) is 3.22. The fourth-order valence-electron chi connectivity index (χ4n) is 2.20. The van der Waals surface area contributed by atoms with Gasteiger partial charge in [-0.15, -0.1) is 0 Å². The molecule has 0 atom stereocenters. The highest BCUT2D eigenvalue weighted by Crippen LogP contribution is 2.29. The molecule has 2 rings (SSSR count). The zero-order valence-electron chi connectivity index (χ0n) is 12.2. The van der Waals surface area contributed by atoms with Crippen LogP contribution in [0.15, 0.2) is 29.4 Å². The molecule has 0 spiro atoms. The molecule has 0 aliphatic heterocycles. The molecule has 22 heavy (non-hydrogen) atoms. The van der Waals surface area contributed by atoms with Crippen LogP contribution in [0.2, 0.25) is 5.15 Å². The average molecular weight is 337 g/mol. The summed E-state index contributed by atoms with van der Waals surface area (Å²) >= 11 is 11.1. The quantitative estimate of drug-likeness (QED) is 0.499. The van der Waals surface area contributed by atoms with Crippen LogP contribution >= 0.6 is 23.8 Å². The maximum Gasteiger partial charge on any atom is 0.232 e. The van der Waals surface area contributed by atoms with E-state index in [1.165, 1.54) is 10.8 Å². The van der Waals surface area contributed by atoms with Crippen molar-refractivity contribution in [3.8, 4) is 0 Å². The van der Waals surface area contributed by atoms with Gasteiger partial charge in [-0.05, 0) is 24.7 Å². The maximum absolute atomic E-state index is 12.4. The Morgan fingerprint density at radius 2 is 2.23 bits per heavy atom. The van der Waals surface area contributed by atoms with Crippen molar-refractivity contribution in [2.75, 3.05) is 0 Å². The molecule has 0 amide bonds.